The third kappa shape index (κ3) is 2.57. The first-order valence-electron chi connectivity index (χ1n) is 6.80. The zero-order chi connectivity index (χ0) is 13.4. The maximum atomic E-state index is 13.7. The van der Waals surface area contributed by atoms with E-state index in [-0.39, 0.29) is 11.6 Å². The molecule has 0 spiro atoms. The Bertz CT molecular complexity index is 503. The second-order valence-electron chi connectivity index (χ2n) is 5.60. The second kappa shape index (κ2) is 4.83. The van der Waals surface area contributed by atoms with E-state index in [0.29, 0.717) is 18.1 Å². The molecule has 1 N–H and O–H groups in total. The molecule has 3 nitrogen and oxygen atoms in total. The fourth-order valence-electron chi connectivity index (χ4n) is 3.24. The van der Waals surface area contributed by atoms with Gasteiger partial charge in [-0.2, -0.15) is 0 Å². The number of rotatable bonds is 4. The number of hydrogen-bond donors (Lipinski definition) is 1. The highest BCUT2D eigenvalue weighted by Crippen LogP contribution is 2.56. The fraction of sp³-hybridized carbons (Fsp3) is 0.533. The summed E-state index contributed by atoms with van der Waals surface area (Å²) in [6.07, 6.45) is 4.22. The third-order valence-electron chi connectivity index (χ3n) is 4.39. The average molecular weight is 263 g/mol. The molecule has 0 aliphatic heterocycles. The van der Waals surface area contributed by atoms with Crippen LogP contribution in [0.5, 0.6) is 5.75 Å². The monoisotopic (exact) mass is 263 g/mol. The zero-order valence-electron chi connectivity index (χ0n) is 11.0. The van der Waals surface area contributed by atoms with Gasteiger partial charge in [0.25, 0.3) is 0 Å². The first-order chi connectivity index (χ1) is 9.17. The summed E-state index contributed by atoms with van der Waals surface area (Å²) in [5.41, 5.74) is 0.233. The van der Waals surface area contributed by atoms with Gasteiger partial charge < -0.3 is 10.1 Å². The largest absolute Gasteiger partial charge is 0.497 e. The standard InChI is InChI=1S/C15H18FNO2/c1-19-11-4-5-14(13(16)8-11)17-15(18)7-10-3-2-9-6-12(9)10/h4-5,8-10,12H,2-3,6-7H2,1H3,(H,17,18). The van der Waals surface area contributed by atoms with Gasteiger partial charge in [0.05, 0.1) is 12.8 Å². The summed E-state index contributed by atoms with van der Waals surface area (Å²) >= 11 is 0. The Balaban J connectivity index is 1.59. The number of carbonyl (C=O) groups is 1. The summed E-state index contributed by atoms with van der Waals surface area (Å²) in [7, 11) is 1.49. The van der Waals surface area contributed by atoms with Crippen LogP contribution in [0.15, 0.2) is 18.2 Å². The Kier molecular flexibility index (Phi) is 3.17. The Morgan fingerprint density at radius 1 is 1.47 bits per heavy atom. The highest BCUT2D eigenvalue weighted by molar-refractivity contribution is 5.91. The van der Waals surface area contributed by atoms with E-state index in [4.69, 9.17) is 4.74 Å². The number of halogens is 1. The number of nitrogens with one attached hydrogen (secondary N) is 1. The summed E-state index contributed by atoms with van der Waals surface area (Å²) in [6, 6.07) is 4.47. The van der Waals surface area contributed by atoms with Gasteiger partial charge in [-0.15, -0.1) is 0 Å². The lowest BCUT2D eigenvalue weighted by atomic mass is 9.99. The molecule has 3 rings (SSSR count). The van der Waals surface area contributed by atoms with Gasteiger partial charge in [0.15, 0.2) is 0 Å². The SMILES string of the molecule is COc1ccc(NC(=O)CC2CCC3CC23)c(F)c1. The van der Waals surface area contributed by atoms with E-state index < -0.39 is 5.82 Å². The molecule has 0 saturated heterocycles. The molecule has 3 unspecified atom stereocenters. The van der Waals surface area contributed by atoms with Crippen molar-refractivity contribution >= 4 is 11.6 Å². The minimum Gasteiger partial charge on any atom is -0.497 e. The molecule has 1 amide bonds. The molecular formula is C15H18FNO2. The molecule has 0 radical (unpaired) electrons. The quantitative estimate of drug-likeness (QED) is 0.905. The lowest BCUT2D eigenvalue weighted by molar-refractivity contribution is -0.117. The van der Waals surface area contributed by atoms with Crippen LogP contribution in [-0.2, 0) is 4.79 Å². The van der Waals surface area contributed by atoms with E-state index in [1.165, 1.54) is 26.0 Å². The number of carbonyl (C=O) groups excluding carboxylic acids is 1. The van der Waals surface area contributed by atoms with Crippen LogP contribution < -0.4 is 10.1 Å². The van der Waals surface area contributed by atoms with Gasteiger partial charge in [-0.3, -0.25) is 4.79 Å². The van der Waals surface area contributed by atoms with Gasteiger partial charge in [-0.05, 0) is 49.1 Å². The van der Waals surface area contributed by atoms with Crippen molar-refractivity contribution in [2.45, 2.75) is 25.7 Å². The molecule has 0 heterocycles. The number of anilines is 1. The minimum absolute atomic E-state index is 0.0818. The van der Waals surface area contributed by atoms with Crippen LogP contribution in [0.4, 0.5) is 10.1 Å². The Labute approximate surface area is 112 Å². The van der Waals surface area contributed by atoms with E-state index in [1.54, 1.807) is 12.1 Å². The van der Waals surface area contributed by atoms with Gasteiger partial charge in [-0.25, -0.2) is 4.39 Å². The van der Waals surface area contributed by atoms with Crippen LogP contribution in [0.3, 0.4) is 0 Å². The molecule has 2 aliphatic carbocycles. The molecule has 19 heavy (non-hydrogen) atoms. The van der Waals surface area contributed by atoms with E-state index in [1.807, 2.05) is 0 Å². The smallest absolute Gasteiger partial charge is 0.224 e. The maximum absolute atomic E-state index is 13.7. The molecule has 2 saturated carbocycles. The van der Waals surface area contributed by atoms with Crippen LogP contribution in [0.2, 0.25) is 0 Å². The lowest BCUT2D eigenvalue weighted by Gasteiger charge is -2.12. The summed E-state index contributed by atoms with van der Waals surface area (Å²) in [4.78, 5) is 11.9. The predicted molar refractivity (Wildman–Crippen MR) is 70.5 cm³/mol. The number of ether oxygens (including phenoxy) is 1. The highest BCUT2D eigenvalue weighted by atomic mass is 19.1. The van der Waals surface area contributed by atoms with Crippen LogP contribution >= 0.6 is 0 Å². The van der Waals surface area contributed by atoms with Gasteiger partial charge in [0.1, 0.15) is 11.6 Å². The van der Waals surface area contributed by atoms with Crippen molar-refractivity contribution in [2.75, 3.05) is 12.4 Å². The summed E-state index contributed by atoms with van der Waals surface area (Å²) in [5, 5.41) is 2.66. The normalized spacial score (nSPS) is 27.8. The second-order valence-corrected chi connectivity index (χ2v) is 5.60. The van der Waals surface area contributed by atoms with Crippen LogP contribution in [0.1, 0.15) is 25.7 Å². The molecule has 1 aromatic rings. The number of benzene rings is 1. The van der Waals surface area contributed by atoms with Crippen LogP contribution in [0.25, 0.3) is 0 Å². The zero-order valence-corrected chi connectivity index (χ0v) is 11.0. The Morgan fingerprint density at radius 3 is 2.89 bits per heavy atom. The Hall–Kier alpha value is -1.58. The van der Waals surface area contributed by atoms with E-state index in [2.05, 4.69) is 5.32 Å². The molecule has 2 aliphatic rings. The van der Waals surface area contributed by atoms with E-state index in [0.717, 1.165) is 18.3 Å². The Morgan fingerprint density at radius 2 is 2.32 bits per heavy atom. The summed E-state index contributed by atoms with van der Waals surface area (Å²) in [6.45, 7) is 0. The van der Waals surface area contributed by atoms with Crippen molar-refractivity contribution in [3.05, 3.63) is 24.0 Å². The molecule has 102 valence electrons. The molecule has 0 bridgehead atoms. The molecule has 4 heteroatoms. The maximum Gasteiger partial charge on any atom is 0.224 e. The summed E-state index contributed by atoms with van der Waals surface area (Å²) < 4.78 is 18.6. The molecule has 0 aromatic heterocycles. The van der Waals surface area contributed by atoms with Gasteiger partial charge >= 0.3 is 0 Å². The van der Waals surface area contributed by atoms with Crippen molar-refractivity contribution in [2.24, 2.45) is 17.8 Å². The van der Waals surface area contributed by atoms with E-state index >= 15 is 0 Å². The fourth-order valence-corrected chi connectivity index (χ4v) is 3.24. The predicted octanol–water partition coefficient (Wildman–Crippen LogP) is 3.21. The van der Waals surface area contributed by atoms with Crippen molar-refractivity contribution in [3.63, 3.8) is 0 Å². The van der Waals surface area contributed by atoms with Crippen molar-refractivity contribution in [1.29, 1.82) is 0 Å². The number of amides is 1. The lowest BCUT2D eigenvalue weighted by Crippen LogP contribution is -2.17. The van der Waals surface area contributed by atoms with Gasteiger partial charge in [-0.1, -0.05) is 0 Å². The van der Waals surface area contributed by atoms with Crippen LogP contribution in [0, 0.1) is 23.6 Å². The average Bonchev–Trinajstić information content (AvgIpc) is 3.08. The van der Waals surface area contributed by atoms with Crippen LogP contribution in [-0.4, -0.2) is 13.0 Å². The van der Waals surface area contributed by atoms with Crippen molar-refractivity contribution in [1.82, 2.24) is 0 Å². The minimum atomic E-state index is -0.455. The first-order valence-corrected chi connectivity index (χ1v) is 6.80. The molecule has 2 fully saturated rings. The van der Waals surface area contributed by atoms with Gasteiger partial charge in [0.2, 0.25) is 5.91 Å². The first kappa shape index (κ1) is 12.5. The van der Waals surface area contributed by atoms with Gasteiger partial charge in [0, 0.05) is 12.5 Å². The summed E-state index contributed by atoms with van der Waals surface area (Å²) in [5.74, 6) is 2.05. The third-order valence-corrected chi connectivity index (χ3v) is 4.39. The van der Waals surface area contributed by atoms with E-state index in [9.17, 15) is 9.18 Å². The number of hydrogen-bond acceptors (Lipinski definition) is 2. The van der Waals surface area contributed by atoms with Crippen molar-refractivity contribution in [3.8, 4) is 5.75 Å². The number of methoxy groups -OCH3 is 1. The molecule has 1 aromatic carbocycles. The van der Waals surface area contributed by atoms with Crippen molar-refractivity contribution < 1.29 is 13.9 Å². The molecular weight excluding hydrogens is 245 g/mol. The number of fused-ring (bicyclic) bond motifs is 1. The topological polar surface area (TPSA) is 38.3 Å². The highest BCUT2D eigenvalue weighted by Gasteiger charge is 2.48. The molecule has 3 atom stereocenters.